The van der Waals surface area contributed by atoms with E-state index >= 15 is 0 Å². The molecular formula is C27H37FN4O5. The number of benzene rings is 1. The Labute approximate surface area is 216 Å². The van der Waals surface area contributed by atoms with Crippen molar-refractivity contribution in [1.82, 2.24) is 15.5 Å². The summed E-state index contributed by atoms with van der Waals surface area (Å²) in [5, 5.41) is 25.0. The Balaban J connectivity index is 1.25. The lowest BCUT2D eigenvalue weighted by molar-refractivity contribution is -0.126. The van der Waals surface area contributed by atoms with Crippen LogP contribution >= 0.6 is 0 Å². The van der Waals surface area contributed by atoms with Crippen molar-refractivity contribution in [1.29, 1.82) is 0 Å². The van der Waals surface area contributed by atoms with E-state index in [4.69, 9.17) is 19.5 Å². The van der Waals surface area contributed by atoms with Gasteiger partial charge in [0.2, 0.25) is 5.91 Å². The Morgan fingerprint density at radius 3 is 2.59 bits per heavy atom. The number of carbonyl (C=O) groups excluding carboxylic acids is 1. The number of piperidine rings is 1. The normalized spacial score (nSPS) is 18.8. The highest BCUT2D eigenvalue weighted by Gasteiger charge is 2.26. The second-order valence-electron chi connectivity index (χ2n) is 10.2. The van der Waals surface area contributed by atoms with E-state index in [1.165, 1.54) is 6.07 Å². The second-order valence-corrected chi connectivity index (χ2v) is 10.2. The highest BCUT2D eigenvalue weighted by molar-refractivity contribution is 5.81. The van der Waals surface area contributed by atoms with Crippen LogP contribution in [-0.2, 0) is 4.79 Å². The zero-order valence-corrected chi connectivity index (χ0v) is 21.5. The van der Waals surface area contributed by atoms with Crippen LogP contribution in [-0.4, -0.2) is 65.2 Å². The number of amides is 1. The van der Waals surface area contributed by atoms with Crippen LogP contribution in [0.1, 0.15) is 63.3 Å². The van der Waals surface area contributed by atoms with Gasteiger partial charge in [-0.1, -0.05) is 31.1 Å². The van der Waals surface area contributed by atoms with Gasteiger partial charge < -0.3 is 29.7 Å². The molecule has 0 radical (unpaired) electrons. The van der Waals surface area contributed by atoms with Crippen LogP contribution in [0.4, 0.5) is 10.4 Å². The number of ether oxygens (including phenoxy) is 1. The maximum absolute atomic E-state index is 14.8. The van der Waals surface area contributed by atoms with Gasteiger partial charge in [0.15, 0.2) is 17.4 Å². The molecule has 1 atom stereocenters. The molecule has 2 aromatic rings. The Bertz CT molecular complexity index is 1080. The predicted octanol–water partition coefficient (Wildman–Crippen LogP) is 3.28. The molecule has 1 unspecified atom stereocenters. The molecule has 1 aromatic carbocycles. The quantitative estimate of drug-likeness (QED) is 0.440. The molecule has 2 aliphatic rings. The molecule has 1 aliphatic heterocycles. The summed E-state index contributed by atoms with van der Waals surface area (Å²) in [6.07, 6.45) is 5.58. The van der Waals surface area contributed by atoms with Crippen molar-refractivity contribution in [2.45, 2.75) is 57.9 Å². The molecule has 2 heterocycles. The summed E-state index contributed by atoms with van der Waals surface area (Å²) in [6.45, 7) is 5.49. The molecule has 0 bridgehead atoms. The zero-order chi connectivity index (χ0) is 26.4. The van der Waals surface area contributed by atoms with Crippen LogP contribution in [0.25, 0.3) is 5.57 Å². The number of halogens is 1. The van der Waals surface area contributed by atoms with Gasteiger partial charge in [-0.05, 0) is 61.3 Å². The topological polar surface area (TPSA) is 121 Å². The van der Waals surface area contributed by atoms with E-state index in [0.717, 1.165) is 37.1 Å². The van der Waals surface area contributed by atoms with E-state index in [1.807, 2.05) is 26.0 Å². The third-order valence-electron chi connectivity index (χ3n) is 7.18. The van der Waals surface area contributed by atoms with Gasteiger partial charge in [0, 0.05) is 24.9 Å². The highest BCUT2D eigenvalue weighted by atomic mass is 19.1. The predicted molar refractivity (Wildman–Crippen MR) is 137 cm³/mol. The van der Waals surface area contributed by atoms with E-state index in [2.05, 4.69) is 20.4 Å². The number of aliphatic hydroxyl groups excluding tert-OH is 2. The van der Waals surface area contributed by atoms with Gasteiger partial charge in [0.1, 0.15) is 0 Å². The van der Waals surface area contributed by atoms with E-state index in [-0.39, 0.29) is 36.7 Å². The Morgan fingerprint density at radius 1 is 1.24 bits per heavy atom. The summed E-state index contributed by atoms with van der Waals surface area (Å²) in [6, 6.07) is 4.96. The fourth-order valence-electron chi connectivity index (χ4n) is 4.71. The SMILES string of the molecule is CC(C)c1noc(N2CCC(COc3ccc(C4=CCC(C(=O)NC(CO)CO)CC4)cc3F)CC2)n1. The first kappa shape index (κ1) is 27.1. The highest BCUT2D eigenvalue weighted by Crippen LogP contribution is 2.33. The first-order chi connectivity index (χ1) is 17.9. The number of carbonyl (C=O) groups is 1. The number of allylic oxidation sites excluding steroid dienone is 2. The number of hydrogen-bond acceptors (Lipinski definition) is 8. The van der Waals surface area contributed by atoms with Gasteiger partial charge in [-0.15, -0.1) is 0 Å². The number of anilines is 1. The number of rotatable bonds is 10. The van der Waals surface area contributed by atoms with E-state index in [1.54, 1.807) is 6.07 Å². The first-order valence-corrected chi connectivity index (χ1v) is 13.1. The smallest absolute Gasteiger partial charge is 0.324 e. The summed E-state index contributed by atoms with van der Waals surface area (Å²) in [4.78, 5) is 18.9. The maximum Gasteiger partial charge on any atom is 0.324 e. The van der Waals surface area contributed by atoms with Crippen molar-refractivity contribution < 1.29 is 28.7 Å². The van der Waals surface area contributed by atoms with Gasteiger partial charge in [0.05, 0.1) is 25.9 Å². The molecule has 37 heavy (non-hydrogen) atoms. The molecule has 1 fully saturated rings. The van der Waals surface area contributed by atoms with Crippen LogP contribution in [0.2, 0.25) is 0 Å². The fraction of sp³-hybridized carbons (Fsp3) is 0.593. The minimum atomic E-state index is -0.643. The lowest BCUT2D eigenvalue weighted by atomic mass is 9.86. The number of nitrogens with one attached hydrogen (secondary N) is 1. The summed E-state index contributed by atoms with van der Waals surface area (Å²) in [5.74, 6) is 0.710. The van der Waals surface area contributed by atoms with Crippen molar-refractivity contribution in [2.24, 2.45) is 11.8 Å². The van der Waals surface area contributed by atoms with Gasteiger partial charge in [0.25, 0.3) is 0 Å². The minimum Gasteiger partial charge on any atom is -0.490 e. The Morgan fingerprint density at radius 2 is 2.00 bits per heavy atom. The lowest BCUT2D eigenvalue weighted by Gasteiger charge is -2.30. The molecule has 0 spiro atoms. The maximum atomic E-state index is 14.8. The molecule has 1 amide bonds. The number of aromatic nitrogens is 2. The molecular weight excluding hydrogens is 479 g/mol. The monoisotopic (exact) mass is 516 g/mol. The molecule has 1 aliphatic carbocycles. The fourth-order valence-corrected chi connectivity index (χ4v) is 4.71. The van der Waals surface area contributed by atoms with Crippen molar-refractivity contribution in [3.05, 3.63) is 41.5 Å². The second kappa shape index (κ2) is 12.5. The molecule has 1 saturated heterocycles. The van der Waals surface area contributed by atoms with Gasteiger partial charge in [-0.25, -0.2) is 4.39 Å². The summed E-state index contributed by atoms with van der Waals surface area (Å²) in [7, 11) is 0. The molecule has 9 nitrogen and oxygen atoms in total. The summed E-state index contributed by atoms with van der Waals surface area (Å²) < 4.78 is 26.1. The standard InChI is InChI=1S/C27H37FN4O5/c1-17(2)25-30-27(37-31-25)32-11-9-18(10-12-32)16-36-24-8-7-21(13-23(24)28)19-3-5-20(6-4-19)26(35)29-22(14-33)15-34/h3,7-8,13,17-18,20,22,33-34H,4-6,9-12,14-16H2,1-2H3,(H,29,35). The van der Waals surface area contributed by atoms with Crippen molar-refractivity contribution in [3.8, 4) is 5.75 Å². The van der Waals surface area contributed by atoms with E-state index in [9.17, 15) is 9.18 Å². The van der Waals surface area contributed by atoms with E-state index in [0.29, 0.717) is 43.6 Å². The molecule has 3 N–H and O–H groups in total. The summed E-state index contributed by atoms with van der Waals surface area (Å²) in [5.41, 5.74) is 1.80. The third-order valence-corrected chi connectivity index (χ3v) is 7.18. The Hall–Kier alpha value is -2.98. The van der Waals surface area contributed by atoms with Gasteiger partial charge >= 0.3 is 6.01 Å². The number of nitrogens with zero attached hydrogens (tertiary/aromatic N) is 3. The third kappa shape index (κ3) is 6.87. The van der Waals surface area contributed by atoms with Crippen molar-refractivity contribution in [2.75, 3.05) is 37.8 Å². The number of hydrogen-bond donors (Lipinski definition) is 3. The molecule has 0 saturated carbocycles. The van der Waals surface area contributed by atoms with Crippen molar-refractivity contribution in [3.63, 3.8) is 0 Å². The largest absolute Gasteiger partial charge is 0.490 e. The molecule has 202 valence electrons. The summed E-state index contributed by atoms with van der Waals surface area (Å²) >= 11 is 0. The average molecular weight is 517 g/mol. The molecule has 4 rings (SSSR count). The average Bonchev–Trinajstić information content (AvgIpc) is 3.42. The van der Waals surface area contributed by atoms with Crippen molar-refractivity contribution >= 4 is 17.5 Å². The zero-order valence-electron chi connectivity index (χ0n) is 21.5. The van der Waals surface area contributed by atoms with Crippen LogP contribution in [0.15, 0.2) is 28.8 Å². The molecule has 1 aromatic heterocycles. The first-order valence-electron chi connectivity index (χ1n) is 13.1. The lowest BCUT2D eigenvalue weighted by Crippen LogP contribution is -2.43. The van der Waals surface area contributed by atoms with Crippen LogP contribution in [0.5, 0.6) is 5.75 Å². The minimum absolute atomic E-state index is 0.179. The van der Waals surface area contributed by atoms with Crippen LogP contribution < -0.4 is 15.0 Å². The van der Waals surface area contributed by atoms with Crippen LogP contribution in [0.3, 0.4) is 0 Å². The van der Waals surface area contributed by atoms with Crippen LogP contribution in [0, 0.1) is 17.7 Å². The van der Waals surface area contributed by atoms with Gasteiger partial charge in [-0.2, -0.15) is 4.98 Å². The van der Waals surface area contributed by atoms with Gasteiger partial charge in [-0.3, -0.25) is 4.79 Å². The van der Waals surface area contributed by atoms with E-state index < -0.39 is 11.9 Å². The Kier molecular flexibility index (Phi) is 9.15. The number of aliphatic hydroxyl groups is 2. The molecule has 10 heteroatoms.